The molecule has 26 heavy (non-hydrogen) atoms. The SMILES string of the molecule is O=[N+]([O-])c1cccc(CC(Oc2ccccc2)(P(=O)(O)O)P(=O)(O)O)c1. The summed E-state index contributed by atoms with van der Waals surface area (Å²) in [5, 5.41) is 7.65. The van der Waals surface area contributed by atoms with Crippen molar-refractivity contribution >= 4 is 20.9 Å². The first kappa shape index (κ1) is 20.3. The van der Waals surface area contributed by atoms with Gasteiger partial charge in [0.2, 0.25) is 0 Å². The zero-order chi connectivity index (χ0) is 19.6. The lowest BCUT2D eigenvalue weighted by Gasteiger charge is -2.34. The molecule has 0 fully saturated rings. The summed E-state index contributed by atoms with van der Waals surface area (Å²) in [7, 11) is -11.1. The lowest BCUT2D eigenvalue weighted by Crippen LogP contribution is -2.38. The molecule has 0 radical (unpaired) electrons. The summed E-state index contributed by atoms with van der Waals surface area (Å²) in [6.07, 6.45) is -0.946. The van der Waals surface area contributed by atoms with Crippen LogP contribution in [0, 0.1) is 10.1 Å². The number of ether oxygens (including phenoxy) is 1. The van der Waals surface area contributed by atoms with Gasteiger partial charge in [-0.1, -0.05) is 30.3 Å². The normalized spacial score (nSPS) is 12.6. The van der Waals surface area contributed by atoms with Gasteiger partial charge < -0.3 is 24.3 Å². The average molecular weight is 403 g/mol. The summed E-state index contributed by atoms with van der Waals surface area (Å²) in [6, 6.07) is 11.6. The Morgan fingerprint density at radius 3 is 2.04 bits per heavy atom. The van der Waals surface area contributed by atoms with Crippen LogP contribution in [0.3, 0.4) is 0 Å². The monoisotopic (exact) mass is 403 g/mol. The lowest BCUT2D eigenvalue weighted by atomic mass is 10.1. The van der Waals surface area contributed by atoms with E-state index < -0.39 is 37.3 Å². The highest BCUT2D eigenvalue weighted by Gasteiger charge is 2.63. The molecule has 12 heteroatoms. The maximum absolute atomic E-state index is 12.1. The van der Waals surface area contributed by atoms with E-state index in [9.17, 15) is 38.8 Å². The fourth-order valence-electron chi connectivity index (χ4n) is 2.25. The molecule has 2 aromatic rings. The van der Waals surface area contributed by atoms with E-state index in [2.05, 4.69) is 0 Å². The molecule has 0 saturated carbocycles. The van der Waals surface area contributed by atoms with Gasteiger partial charge in [0.05, 0.1) is 4.92 Å². The molecule has 0 unspecified atom stereocenters. The van der Waals surface area contributed by atoms with E-state index in [1.165, 1.54) is 36.4 Å². The Balaban J connectivity index is 2.60. The average Bonchev–Trinajstić information content (AvgIpc) is 2.53. The minimum Gasteiger partial charge on any atom is -0.462 e. The summed E-state index contributed by atoms with van der Waals surface area (Å²) in [6.45, 7) is 0. The fourth-order valence-corrected chi connectivity index (χ4v) is 4.84. The van der Waals surface area contributed by atoms with Crippen molar-refractivity contribution in [1.82, 2.24) is 0 Å². The minimum atomic E-state index is -5.55. The van der Waals surface area contributed by atoms with Crippen LogP contribution in [0.25, 0.3) is 0 Å². The summed E-state index contributed by atoms with van der Waals surface area (Å²) < 4.78 is 29.3. The van der Waals surface area contributed by atoms with E-state index in [1.807, 2.05) is 0 Å². The van der Waals surface area contributed by atoms with Crippen molar-refractivity contribution in [2.45, 2.75) is 11.5 Å². The number of nitrogens with zero attached hydrogens (tertiary/aromatic N) is 1. The van der Waals surface area contributed by atoms with Crippen molar-refractivity contribution < 1.29 is 38.4 Å². The standard InChI is InChI=1S/C14H15NO9P2/c16-15(17)12-6-4-5-11(9-12)10-14(25(18,19)20,26(21,22)23)24-13-7-2-1-3-8-13/h1-9H,10H2,(H2,18,19,20)(H2,21,22,23). The first-order valence-electron chi connectivity index (χ1n) is 7.05. The largest absolute Gasteiger partial charge is 0.462 e. The van der Waals surface area contributed by atoms with Crippen molar-refractivity contribution in [1.29, 1.82) is 0 Å². The second kappa shape index (κ2) is 7.28. The topological polar surface area (TPSA) is 167 Å². The Bertz CT molecular complexity index is 868. The van der Waals surface area contributed by atoms with Crippen LogP contribution < -0.4 is 4.74 Å². The number of nitro groups is 1. The first-order valence-corrected chi connectivity index (χ1v) is 10.3. The summed E-state index contributed by atoms with van der Waals surface area (Å²) in [5.74, 6) is -0.176. The summed E-state index contributed by atoms with van der Waals surface area (Å²) in [5.41, 5.74) is -0.477. The Morgan fingerprint density at radius 2 is 1.54 bits per heavy atom. The Kier molecular flexibility index (Phi) is 5.67. The number of para-hydroxylation sites is 1. The molecule has 0 aliphatic heterocycles. The Labute approximate surface area is 147 Å². The smallest absolute Gasteiger partial charge is 0.381 e. The number of hydrogen-bond acceptors (Lipinski definition) is 5. The third-order valence-electron chi connectivity index (χ3n) is 3.49. The van der Waals surface area contributed by atoms with Gasteiger partial charge in [-0.25, -0.2) is 0 Å². The van der Waals surface area contributed by atoms with Gasteiger partial charge in [0.25, 0.3) is 5.69 Å². The molecule has 140 valence electrons. The van der Waals surface area contributed by atoms with E-state index in [0.29, 0.717) is 0 Å². The van der Waals surface area contributed by atoms with E-state index in [4.69, 9.17) is 4.74 Å². The Morgan fingerprint density at radius 1 is 0.962 bits per heavy atom. The number of hydrogen-bond donors (Lipinski definition) is 4. The molecule has 0 aromatic heterocycles. The molecular weight excluding hydrogens is 388 g/mol. The van der Waals surface area contributed by atoms with Crippen molar-refractivity contribution in [3.8, 4) is 5.75 Å². The van der Waals surface area contributed by atoms with Crippen LogP contribution in [0.2, 0.25) is 0 Å². The molecule has 0 aliphatic rings. The molecule has 0 heterocycles. The molecule has 0 spiro atoms. The molecule has 0 amide bonds. The molecule has 0 bridgehead atoms. The van der Waals surface area contributed by atoms with Crippen molar-refractivity contribution in [3.63, 3.8) is 0 Å². The molecule has 10 nitrogen and oxygen atoms in total. The highest BCUT2D eigenvalue weighted by molar-refractivity contribution is 7.72. The zero-order valence-corrected chi connectivity index (χ0v) is 14.9. The second-order valence-electron chi connectivity index (χ2n) is 5.35. The highest BCUT2D eigenvalue weighted by Crippen LogP contribution is 2.70. The van der Waals surface area contributed by atoms with Gasteiger partial charge in [0.15, 0.2) is 0 Å². The van der Waals surface area contributed by atoms with Crippen LogP contribution in [-0.2, 0) is 15.6 Å². The number of nitro benzene ring substituents is 1. The van der Waals surface area contributed by atoms with Crippen molar-refractivity contribution in [2.75, 3.05) is 0 Å². The van der Waals surface area contributed by atoms with E-state index >= 15 is 0 Å². The second-order valence-corrected chi connectivity index (χ2v) is 9.32. The van der Waals surface area contributed by atoms with Crippen LogP contribution in [-0.4, -0.2) is 29.6 Å². The van der Waals surface area contributed by atoms with E-state index in [1.54, 1.807) is 6.07 Å². The number of non-ortho nitro benzene ring substituents is 1. The lowest BCUT2D eigenvalue weighted by molar-refractivity contribution is -0.384. The highest BCUT2D eigenvalue weighted by atomic mass is 31.2. The van der Waals surface area contributed by atoms with Gasteiger partial charge in [0, 0.05) is 18.6 Å². The minimum absolute atomic E-state index is 0.0817. The maximum Gasteiger partial charge on any atom is 0.381 e. The van der Waals surface area contributed by atoms with Crippen LogP contribution in [0.5, 0.6) is 5.75 Å². The third kappa shape index (κ3) is 4.19. The van der Waals surface area contributed by atoms with Gasteiger partial charge in [-0.3, -0.25) is 19.2 Å². The molecule has 0 aliphatic carbocycles. The number of rotatable bonds is 7. The predicted octanol–water partition coefficient (Wildman–Crippen LogP) is 2.23. The molecule has 2 aromatic carbocycles. The van der Waals surface area contributed by atoms with Crippen LogP contribution >= 0.6 is 15.2 Å². The van der Waals surface area contributed by atoms with Gasteiger partial charge in [-0.15, -0.1) is 0 Å². The summed E-state index contributed by atoms with van der Waals surface area (Å²) >= 11 is 0. The van der Waals surface area contributed by atoms with Gasteiger partial charge in [0.1, 0.15) is 5.75 Å². The van der Waals surface area contributed by atoms with Gasteiger partial charge in [-0.05, 0) is 17.7 Å². The zero-order valence-electron chi connectivity index (χ0n) is 13.1. The third-order valence-corrected chi connectivity index (χ3v) is 7.37. The molecule has 4 N–H and O–H groups in total. The predicted molar refractivity (Wildman–Crippen MR) is 90.7 cm³/mol. The first-order chi connectivity index (χ1) is 12.0. The maximum atomic E-state index is 12.1. The quantitative estimate of drug-likeness (QED) is 0.308. The van der Waals surface area contributed by atoms with Crippen LogP contribution in [0.1, 0.15) is 5.56 Å². The molecule has 0 atom stereocenters. The Hall–Kier alpha value is -2.06. The van der Waals surface area contributed by atoms with Gasteiger partial charge >= 0.3 is 20.3 Å². The molecular formula is C14H15NO9P2. The van der Waals surface area contributed by atoms with Crippen LogP contribution in [0.15, 0.2) is 54.6 Å². The number of benzene rings is 2. The van der Waals surface area contributed by atoms with Crippen molar-refractivity contribution in [2.24, 2.45) is 0 Å². The van der Waals surface area contributed by atoms with Crippen molar-refractivity contribution in [3.05, 3.63) is 70.3 Å². The van der Waals surface area contributed by atoms with E-state index in [-0.39, 0.29) is 11.3 Å². The van der Waals surface area contributed by atoms with Gasteiger partial charge in [-0.2, -0.15) is 0 Å². The fraction of sp³-hybridized carbons (Fsp3) is 0.143. The van der Waals surface area contributed by atoms with E-state index in [0.717, 1.165) is 12.1 Å². The molecule has 0 saturated heterocycles. The molecule has 2 rings (SSSR count). The van der Waals surface area contributed by atoms with Crippen LogP contribution in [0.4, 0.5) is 5.69 Å². The summed E-state index contributed by atoms with van der Waals surface area (Å²) in [4.78, 5) is 49.0.